The van der Waals surface area contributed by atoms with E-state index in [1.807, 2.05) is 38.1 Å². The van der Waals surface area contributed by atoms with Gasteiger partial charge in [-0.1, -0.05) is 18.2 Å². The molecule has 0 saturated heterocycles. The summed E-state index contributed by atoms with van der Waals surface area (Å²) in [4.78, 5) is 4.34. The van der Waals surface area contributed by atoms with Crippen LogP contribution < -0.4 is 10.5 Å². The highest BCUT2D eigenvalue weighted by Crippen LogP contribution is 2.31. The number of fused-ring (bicyclic) bond motifs is 1. The maximum absolute atomic E-state index is 14.2. The van der Waals surface area contributed by atoms with Crippen LogP contribution >= 0.6 is 0 Å². The van der Waals surface area contributed by atoms with Gasteiger partial charge in [0, 0.05) is 0 Å². The van der Waals surface area contributed by atoms with E-state index in [1.165, 1.54) is 6.07 Å². The lowest BCUT2D eigenvalue weighted by atomic mass is 10.2. The van der Waals surface area contributed by atoms with E-state index in [0.29, 0.717) is 23.6 Å². The van der Waals surface area contributed by atoms with Gasteiger partial charge in [0.25, 0.3) is 0 Å². The van der Waals surface area contributed by atoms with Crippen molar-refractivity contribution in [3.63, 3.8) is 0 Å². The number of aryl methyl sites for hydroxylation is 1. The molecule has 0 aliphatic heterocycles. The summed E-state index contributed by atoms with van der Waals surface area (Å²) >= 11 is 0. The third kappa shape index (κ3) is 2.11. The van der Waals surface area contributed by atoms with Crippen molar-refractivity contribution >= 4 is 17.0 Å². The molecule has 2 N–H and O–H groups in total. The van der Waals surface area contributed by atoms with Gasteiger partial charge in [0.1, 0.15) is 17.1 Å². The fourth-order valence-electron chi connectivity index (χ4n) is 2.50. The Hall–Kier alpha value is -2.56. The second kappa shape index (κ2) is 5.09. The molecule has 0 radical (unpaired) electrons. The van der Waals surface area contributed by atoms with Gasteiger partial charge in [-0.05, 0) is 37.6 Å². The third-order valence-corrected chi connectivity index (χ3v) is 3.39. The molecule has 0 saturated carbocycles. The first kappa shape index (κ1) is 13.4. The van der Waals surface area contributed by atoms with Gasteiger partial charge in [-0.15, -0.1) is 0 Å². The van der Waals surface area contributed by atoms with Gasteiger partial charge in [-0.2, -0.15) is 0 Å². The first-order chi connectivity index (χ1) is 10.1. The Morgan fingerprint density at radius 2 is 2.00 bits per heavy atom. The number of rotatable bonds is 3. The van der Waals surface area contributed by atoms with Crippen LogP contribution in [0.1, 0.15) is 12.5 Å². The maximum atomic E-state index is 14.2. The Kier molecular flexibility index (Phi) is 3.25. The first-order valence-electron chi connectivity index (χ1n) is 6.78. The van der Waals surface area contributed by atoms with E-state index in [0.717, 1.165) is 11.1 Å². The molecule has 0 spiro atoms. The van der Waals surface area contributed by atoms with Crippen molar-refractivity contribution in [1.29, 1.82) is 0 Å². The number of hydrogen-bond donors (Lipinski definition) is 1. The first-order valence-corrected chi connectivity index (χ1v) is 6.78. The van der Waals surface area contributed by atoms with Crippen molar-refractivity contribution in [2.24, 2.45) is 0 Å². The Morgan fingerprint density at radius 1 is 1.24 bits per heavy atom. The fraction of sp³-hybridized carbons (Fsp3) is 0.188. The van der Waals surface area contributed by atoms with Crippen molar-refractivity contribution in [2.75, 3.05) is 12.3 Å². The number of halogens is 1. The SMILES string of the molecule is CCOc1cccc2c1nc(N)n2-c1c(C)cccc1F. The number of benzene rings is 2. The summed E-state index contributed by atoms with van der Waals surface area (Å²) in [6, 6.07) is 10.5. The summed E-state index contributed by atoms with van der Waals surface area (Å²) in [6.45, 7) is 4.28. The molecular weight excluding hydrogens is 269 g/mol. The Balaban J connectivity index is 2.34. The van der Waals surface area contributed by atoms with Gasteiger partial charge in [-0.25, -0.2) is 9.37 Å². The quantitative estimate of drug-likeness (QED) is 0.802. The Bertz CT molecular complexity index is 790. The fourth-order valence-corrected chi connectivity index (χ4v) is 2.50. The van der Waals surface area contributed by atoms with Gasteiger partial charge in [-0.3, -0.25) is 4.57 Å². The van der Waals surface area contributed by atoms with E-state index in [-0.39, 0.29) is 11.8 Å². The van der Waals surface area contributed by atoms with E-state index in [2.05, 4.69) is 4.98 Å². The lowest BCUT2D eigenvalue weighted by Gasteiger charge is -2.11. The highest BCUT2D eigenvalue weighted by Gasteiger charge is 2.17. The summed E-state index contributed by atoms with van der Waals surface area (Å²) in [5.41, 5.74) is 8.60. The zero-order valence-corrected chi connectivity index (χ0v) is 11.9. The number of aromatic nitrogens is 2. The number of imidazole rings is 1. The monoisotopic (exact) mass is 285 g/mol. The van der Waals surface area contributed by atoms with Crippen LogP contribution in [0, 0.1) is 12.7 Å². The average molecular weight is 285 g/mol. The number of para-hydroxylation sites is 2. The lowest BCUT2D eigenvalue weighted by molar-refractivity contribution is 0.344. The van der Waals surface area contributed by atoms with Crippen molar-refractivity contribution in [1.82, 2.24) is 9.55 Å². The van der Waals surface area contributed by atoms with Crippen LogP contribution in [0.3, 0.4) is 0 Å². The molecule has 0 amide bonds. The highest BCUT2D eigenvalue weighted by atomic mass is 19.1. The summed E-state index contributed by atoms with van der Waals surface area (Å²) in [5.74, 6) is 0.558. The summed E-state index contributed by atoms with van der Waals surface area (Å²) in [7, 11) is 0. The van der Waals surface area contributed by atoms with Crippen molar-refractivity contribution < 1.29 is 9.13 Å². The zero-order valence-electron chi connectivity index (χ0n) is 11.9. The van der Waals surface area contributed by atoms with E-state index >= 15 is 0 Å². The molecule has 0 aliphatic carbocycles. The largest absolute Gasteiger partial charge is 0.492 e. The molecule has 1 aromatic heterocycles. The van der Waals surface area contributed by atoms with Gasteiger partial charge < -0.3 is 10.5 Å². The number of ether oxygens (including phenoxy) is 1. The minimum absolute atomic E-state index is 0.241. The van der Waals surface area contributed by atoms with Gasteiger partial charge >= 0.3 is 0 Å². The maximum Gasteiger partial charge on any atom is 0.206 e. The van der Waals surface area contributed by atoms with Crippen LogP contribution in [0.25, 0.3) is 16.7 Å². The van der Waals surface area contributed by atoms with Crippen molar-refractivity contribution in [3.05, 3.63) is 47.8 Å². The van der Waals surface area contributed by atoms with Crippen molar-refractivity contribution in [3.8, 4) is 11.4 Å². The molecule has 0 aliphatic rings. The standard InChI is InChI=1S/C16H16FN3O/c1-3-21-13-9-5-8-12-14(13)19-16(18)20(12)15-10(2)6-4-7-11(15)17/h4-9H,3H2,1-2H3,(H2,18,19). The minimum Gasteiger partial charge on any atom is -0.492 e. The second-order valence-corrected chi connectivity index (χ2v) is 4.77. The average Bonchev–Trinajstić information content (AvgIpc) is 2.77. The predicted molar refractivity (Wildman–Crippen MR) is 81.3 cm³/mol. The van der Waals surface area contributed by atoms with Crippen LogP contribution in [-0.2, 0) is 0 Å². The molecule has 5 heteroatoms. The minimum atomic E-state index is -0.331. The summed E-state index contributed by atoms with van der Waals surface area (Å²) in [6.07, 6.45) is 0. The summed E-state index contributed by atoms with van der Waals surface area (Å²) < 4.78 is 21.4. The zero-order chi connectivity index (χ0) is 15.0. The molecule has 2 aromatic carbocycles. The van der Waals surface area contributed by atoms with E-state index in [1.54, 1.807) is 10.6 Å². The highest BCUT2D eigenvalue weighted by molar-refractivity contribution is 5.86. The van der Waals surface area contributed by atoms with Crippen LogP contribution in [0.15, 0.2) is 36.4 Å². The molecule has 3 aromatic rings. The molecular formula is C16H16FN3O. The molecule has 0 atom stereocenters. The van der Waals surface area contributed by atoms with Crippen LogP contribution in [0.2, 0.25) is 0 Å². The lowest BCUT2D eigenvalue weighted by Crippen LogP contribution is -2.05. The van der Waals surface area contributed by atoms with Crippen LogP contribution in [0.4, 0.5) is 10.3 Å². The van der Waals surface area contributed by atoms with E-state index < -0.39 is 0 Å². The molecule has 21 heavy (non-hydrogen) atoms. The molecule has 0 bridgehead atoms. The van der Waals surface area contributed by atoms with Crippen molar-refractivity contribution in [2.45, 2.75) is 13.8 Å². The van der Waals surface area contributed by atoms with Gasteiger partial charge in [0.05, 0.1) is 17.8 Å². The number of hydrogen-bond acceptors (Lipinski definition) is 3. The molecule has 4 nitrogen and oxygen atoms in total. The van der Waals surface area contributed by atoms with E-state index in [9.17, 15) is 4.39 Å². The van der Waals surface area contributed by atoms with Crippen LogP contribution in [-0.4, -0.2) is 16.2 Å². The normalized spacial score (nSPS) is 11.0. The third-order valence-electron chi connectivity index (χ3n) is 3.39. The second-order valence-electron chi connectivity index (χ2n) is 4.77. The predicted octanol–water partition coefficient (Wildman–Crippen LogP) is 3.45. The molecule has 108 valence electrons. The topological polar surface area (TPSA) is 53.1 Å². The van der Waals surface area contributed by atoms with E-state index in [4.69, 9.17) is 10.5 Å². The number of nitrogens with two attached hydrogens (primary N) is 1. The number of nitrogens with zero attached hydrogens (tertiary/aromatic N) is 2. The van der Waals surface area contributed by atoms with Gasteiger partial charge in [0.2, 0.25) is 5.95 Å². The Labute approximate surface area is 122 Å². The summed E-state index contributed by atoms with van der Waals surface area (Å²) in [5, 5.41) is 0. The molecule has 3 rings (SSSR count). The Morgan fingerprint density at radius 3 is 2.71 bits per heavy atom. The molecule has 0 fully saturated rings. The molecule has 0 unspecified atom stereocenters. The van der Waals surface area contributed by atoms with Crippen LogP contribution in [0.5, 0.6) is 5.75 Å². The number of anilines is 1. The smallest absolute Gasteiger partial charge is 0.206 e. The number of nitrogen functional groups attached to an aromatic ring is 1. The molecule has 1 heterocycles. The van der Waals surface area contributed by atoms with Gasteiger partial charge in [0.15, 0.2) is 0 Å².